The van der Waals surface area contributed by atoms with Crippen molar-refractivity contribution in [2.24, 2.45) is 0 Å². The summed E-state index contributed by atoms with van der Waals surface area (Å²) < 4.78 is 0. The highest BCUT2D eigenvalue weighted by Gasteiger charge is 2.48. The molecule has 0 radical (unpaired) electrons. The first-order chi connectivity index (χ1) is 33.2. The van der Waals surface area contributed by atoms with E-state index in [0.717, 1.165) is 61.1 Å². The van der Waals surface area contributed by atoms with Gasteiger partial charge in [0.2, 0.25) is 0 Å². The van der Waals surface area contributed by atoms with Gasteiger partial charge in [-0.1, -0.05) is 158 Å². The van der Waals surface area contributed by atoms with E-state index >= 15 is 0 Å². The lowest BCUT2D eigenvalue weighted by Crippen LogP contribution is -2.29. The van der Waals surface area contributed by atoms with E-state index < -0.39 is 5.41 Å². The maximum atomic E-state index is 10.4. The minimum atomic E-state index is -0.722. The Hall–Kier alpha value is -9.22. The number of nitriles is 2. The maximum Gasteiger partial charge on any atom is 0.101 e. The van der Waals surface area contributed by atoms with Crippen LogP contribution in [0.5, 0.6) is 0 Å². The Balaban J connectivity index is 1.18. The highest BCUT2D eigenvalue weighted by Crippen LogP contribution is 2.61. The fourth-order valence-corrected chi connectivity index (χ4v) is 10.7. The van der Waals surface area contributed by atoms with Crippen LogP contribution >= 0.6 is 0 Å². The van der Waals surface area contributed by atoms with E-state index in [2.05, 4.69) is 180 Å². The van der Waals surface area contributed by atoms with Gasteiger partial charge in [0.25, 0.3) is 0 Å². The topological polar surface area (TPSA) is 54.1 Å². The monoisotopic (exact) mass is 852 g/mol. The molecule has 0 bridgehead atoms. The molecule has 12 rings (SSSR count). The van der Waals surface area contributed by atoms with Crippen LogP contribution in [0.25, 0.3) is 43.4 Å². The van der Waals surface area contributed by atoms with Crippen LogP contribution < -0.4 is 9.80 Å². The second-order valence-corrected chi connectivity index (χ2v) is 17.0. The van der Waals surface area contributed by atoms with Crippen molar-refractivity contribution in [2.75, 3.05) is 9.80 Å². The summed E-state index contributed by atoms with van der Waals surface area (Å²) in [5, 5.41) is 27.6. The summed E-state index contributed by atoms with van der Waals surface area (Å²) in [7, 11) is 0. The summed E-state index contributed by atoms with van der Waals surface area (Å²) in [6, 6.07) is 90.4. The summed E-state index contributed by atoms with van der Waals surface area (Å²) in [4.78, 5) is 4.39. The van der Waals surface area contributed by atoms with Crippen molar-refractivity contribution in [2.45, 2.75) is 5.41 Å². The molecule has 312 valence electrons. The Bertz CT molecular complexity index is 3740. The maximum absolute atomic E-state index is 10.4. The number of benzene rings is 11. The van der Waals surface area contributed by atoms with Gasteiger partial charge in [0.05, 0.1) is 27.9 Å². The summed E-state index contributed by atoms with van der Waals surface area (Å²) >= 11 is 0. The molecule has 0 aliphatic heterocycles. The van der Waals surface area contributed by atoms with E-state index in [4.69, 9.17) is 0 Å². The van der Waals surface area contributed by atoms with Gasteiger partial charge in [-0.25, -0.2) is 0 Å². The first-order valence-corrected chi connectivity index (χ1v) is 22.5. The SMILES string of the molecule is N#Cc1ccccc1N(c1ccccc1)c1ccc2cc3c(cc2c1)C(c1ccccc1)(c1ccccc1)c1c-3c2ccccc2c2cc(N(c3ccccc3)c3ccccc3C#N)ccc12. The van der Waals surface area contributed by atoms with Gasteiger partial charge in [-0.3, -0.25) is 0 Å². The van der Waals surface area contributed by atoms with Crippen LogP contribution in [-0.2, 0) is 5.41 Å². The molecule has 0 spiro atoms. The second kappa shape index (κ2) is 16.1. The van der Waals surface area contributed by atoms with Crippen LogP contribution in [0.1, 0.15) is 33.4 Å². The van der Waals surface area contributed by atoms with Crippen molar-refractivity contribution in [1.29, 1.82) is 10.5 Å². The summed E-state index contributed by atoms with van der Waals surface area (Å²) in [6.45, 7) is 0. The largest absolute Gasteiger partial charge is 0.309 e. The molecule has 0 unspecified atom stereocenters. The highest BCUT2D eigenvalue weighted by atomic mass is 15.1. The first-order valence-electron chi connectivity index (χ1n) is 22.5. The van der Waals surface area contributed by atoms with Crippen molar-refractivity contribution in [3.63, 3.8) is 0 Å². The van der Waals surface area contributed by atoms with E-state index in [1.807, 2.05) is 84.9 Å². The number of hydrogen-bond donors (Lipinski definition) is 0. The number of hydrogen-bond acceptors (Lipinski definition) is 4. The molecule has 0 saturated heterocycles. The van der Waals surface area contributed by atoms with Gasteiger partial charge >= 0.3 is 0 Å². The molecule has 0 aromatic heterocycles. The molecule has 67 heavy (non-hydrogen) atoms. The zero-order valence-corrected chi connectivity index (χ0v) is 36.4. The third-order valence-corrected chi connectivity index (χ3v) is 13.5. The van der Waals surface area contributed by atoms with Crippen molar-refractivity contribution in [1.82, 2.24) is 0 Å². The first kappa shape index (κ1) is 39.4. The number of rotatable bonds is 8. The molecule has 1 aliphatic rings. The summed E-state index contributed by atoms with van der Waals surface area (Å²) in [5.74, 6) is 0. The summed E-state index contributed by atoms with van der Waals surface area (Å²) in [5.41, 5.74) is 13.3. The molecule has 11 aromatic rings. The third-order valence-electron chi connectivity index (χ3n) is 13.5. The normalized spacial score (nSPS) is 12.3. The Morgan fingerprint density at radius 3 is 1.39 bits per heavy atom. The van der Waals surface area contributed by atoms with Crippen molar-refractivity contribution in [3.05, 3.63) is 276 Å². The molecule has 0 heterocycles. The molecule has 0 atom stereocenters. The van der Waals surface area contributed by atoms with Gasteiger partial charge < -0.3 is 9.80 Å². The molecule has 0 fully saturated rings. The van der Waals surface area contributed by atoms with Crippen LogP contribution in [0.2, 0.25) is 0 Å². The molecule has 11 aromatic carbocycles. The quantitative estimate of drug-likeness (QED) is 0.143. The Labute approximate surface area is 389 Å². The molecule has 4 nitrogen and oxygen atoms in total. The van der Waals surface area contributed by atoms with Crippen LogP contribution in [0, 0.1) is 22.7 Å². The number of nitrogens with zero attached hydrogens (tertiary/aromatic N) is 4. The van der Waals surface area contributed by atoms with E-state index in [9.17, 15) is 10.5 Å². The predicted molar refractivity (Wildman–Crippen MR) is 275 cm³/mol. The zero-order valence-electron chi connectivity index (χ0n) is 36.4. The predicted octanol–water partition coefficient (Wildman–Crippen LogP) is 16.2. The van der Waals surface area contributed by atoms with E-state index in [1.54, 1.807) is 0 Å². The van der Waals surface area contributed by atoms with Crippen LogP contribution in [0.3, 0.4) is 0 Å². The number of fused-ring (bicyclic) bond motifs is 9. The van der Waals surface area contributed by atoms with Crippen LogP contribution in [0.4, 0.5) is 34.1 Å². The van der Waals surface area contributed by atoms with Crippen molar-refractivity contribution in [3.8, 4) is 23.3 Å². The average molecular weight is 853 g/mol. The standard InChI is InChI=1S/C63H40N4/c64-41-44-19-13-17-31-59(44)66(49-25-9-3-10-26-49)51-34-33-43-38-57-58(39-46(43)37-51)63(47-21-5-1-6-22-47,48-23-7-2-8-24-48)62-55-36-35-52(40-56(55)53-29-15-16-30-54(53)61(57)62)67(50-27-11-4-12-28-50)60-32-18-14-20-45(60)42-65/h1-40H. The minimum absolute atomic E-state index is 0.601. The molecule has 0 amide bonds. The number of anilines is 6. The van der Waals surface area contributed by atoms with Gasteiger partial charge in [0, 0.05) is 22.7 Å². The molecule has 1 aliphatic carbocycles. The van der Waals surface area contributed by atoms with Gasteiger partial charge in [0.1, 0.15) is 12.1 Å². The second-order valence-electron chi connectivity index (χ2n) is 17.0. The highest BCUT2D eigenvalue weighted by molar-refractivity contribution is 6.20. The lowest BCUT2D eigenvalue weighted by atomic mass is 9.66. The minimum Gasteiger partial charge on any atom is -0.309 e. The van der Waals surface area contributed by atoms with Gasteiger partial charge in [-0.05, 0) is 151 Å². The van der Waals surface area contributed by atoms with Gasteiger partial charge in [-0.2, -0.15) is 10.5 Å². The van der Waals surface area contributed by atoms with Gasteiger partial charge in [-0.15, -0.1) is 0 Å². The Morgan fingerprint density at radius 1 is 0.343 bits per heavy atom. The third kappa shape index (κ3) is 6.20. The lowest BCUT2D eigenvalue weighted by Gasteiger charge is -2.35. The molecule has 4 heteroatoms. The molecule has 0 N–H and O–H groups in total. The number of para-hydroxylation sites is 4. The van der Waals surface area contributed by atoms with E-state index in [0.29, 0.717) is 11.1 Å². The van der Waals surface area contributed by atoms with Crippen LogP contribution in [-0.4, -0.2) is 0 Å². The zero-order chi connectivity index (χ0) is 44.9. The Kier molecular flexibility index (Phi) is 9.46. The van der Waals surface area contributed by atoms with Crippen LogP contribution in [0.15, 0.2) is 243 Å². The average Bonchev–Trinajstić information content (AvgIpc) is 3.70. The Morgan fingerprint density at radius 2 is 0.821 bits per heavy atom. The summed E-state index contributed by atoms with van der Waals surface area (Å²) in [6.07, 6.45) is 0. The smallest absolute Gasteiger partial charge is 0.101 e. The van der Waals surface area contributed by atoms with E-state index in [-0.39, 0.29) is 0 Å². The van der Waals surface area contributed by atoms with Crippen molar-refractivity contribution < 1.29 is 0 Å². The van der Waals surface area contributed by atoms with E-state index in [1.165, 1.54) is 38.8 Å². The fraction of sp³-hybridized carbons (Fsp3) is 0.0159. The van der Waals surface area contributed by atoms with Crippen molar-refractivity contribution >= 4 is 66.4 Å². The molecular weight excluding hydrogens is 813 g/mol. The van der Waals surface area contributed by atoms with Gasteiger partial charge in [0.15, 0.2) is 0 Å². The fourth-order valence-electron chi connectivity index (χ4n) is 10.7. The molecular formula is C63H40N4. The lowest BCUT2D eigenvalue weighted by molar-refractivity contribution is 0.777. The molecule has 0 saturated carbocycles.